The van der Waals surface area contributed by atoms with Gasteiger partial charge >= 0.3 is 0 Å². The molecule has 1 N–H and O–H groups in total. The number of hydrogen-bond acceptors (Lipinski definition) is 1. The van der Waals surface area contributed by atoms with Crippen LogP contribution in [-0.4, -0.2) is 12.6 Å². The molecule has 0 aromatic heterocycles. The summed E-state index contributed by atoms with van der Waals surface area (Å²) in [6, 6.07) is 0.668. The Morgan fingerprint density at radius 3 is 2.57 bits per heavy atom. The molecule has 0 aromatic carbocycles. The Bertz CT molecular complexity index is 242. The molecule has 1 aliphatic heterocycles. The van der Waals surface area contributed by atoms with Gasteiger partial charge in [0.1, 0.15) is 0 Å². The van der Waals surface area contributed by atoms with Crippen LogP contribution in [0.1, 0.15) is 26.7 Å². The fourth-order valence-corrected chi connectivity index (χ4v) is 2.02. The van der Waals surface area contributed by atoms with E-state index in [1.807, 2.05) is 6.08 Å². The van der Waals surface area contributed by atoms with Crippen LogP contribution in [0.5, 0.6) is 0 Å². The van der Waals surface area contributed by atoms with E-state index in [0.29, 0.717) is 12.0 Å². The van der Waals surface area contributed by atoms with Crippen molar-refractivity contribution < 1.29 is 0 Å². The molecule has 1 heterocycles. The van der Waals surface area contributed by atoms with Crippen molar-refractivity contribution in [1.29, 1.82) is 0 Å². The van der Waals surface area contributed by atoms with E-state index in [0.717, 1.165) is 6.54 Å². The number of piperidine rings is 1. The molecule has 0 radical (unpaired) electrons. The van der Waals surface area contributed by atoms with E-state index in [1.165, 1.54) is 24.0 Å². The average molecular weight is 191 g/mol. The SMILES string of the molecule is C=C/C=C(\C(=C)C)C1CCC(C)NC1. The van der Waals surface area contributed by atoms with Crippen LogP contribution in [0.15, 0.2) is 36.5 Å². The van der Waals surface area contributed by atoms with Crippen LogP contribution >= 0.6 is 0 Å². The lowest BCUT2D eigenvalue weighted by molar-refractivity contribution is 0.358. The molecule has 1 saturated heterocycles. The molecule has 0 spiro atoms. The van der Waals surface area contributed by atoms with Crippen molar-refractivity contribution in [1.82, 2.24) is 5.32 Å². The van der Waals surface area contributed by atoms with E-state index in [2.05, 4.69) is 38.4 Å². The van der Waals surface area contributed by atoms with E-state index in [9.17, 15) is 0 Å². The lowest BCUT2D eigenvalue weighted by Crippen LogP contribution is -2.37. The van der Waals surface area contributed by atoms with Crippen LogP contribution in [0.25, 0.3) is 0 Å². The lowest BCUT2D eigenvalue weighted by Gasteiger charge is -2.29. The lowest BCUT2D eigenvalue weighted by atomic mass is 9.85. The van der Waals surface area contributed by atoms with Crippen molar-refractivity contribution in [2.24, 2.45) is 5.92 Å². The predicted octanol–water partition coefficient (Wildman–Crippen LogP) is 3.06. The summed E-state index contributed by atoms with van der Waals surface area (Å²) in [5.74, 6) is 0.627. The Hall–Kier alpha value is -0.820. The van der Waals surface area contributed by atoms with Gasteiger partial charge in [0.25, 0.3) is 0 Å². The van der Waals surface area contributed by atoms with Crippen LogP contribution in [0.2, 0.25) is 0 Å². The van der Waals surface area contributed by atoms with Crippen LogP contribution in [0, 0.1) is 5.92 Å². The Morgan fingerprint density at radius 1 is 1.43 bits per heavy atom. The molecule has 1 aliphatic rings. The zero-order chi connectivity index (χ0) is 10.6. The zero-order valence-corrected chi connectivity index (χ0v) is 9.34. The first kappa shape index (κ1) is 11.3. The molecule has 0 bridgehead atoms. The zero-order valence-electron chi connectivity index (χ0n) is 9.34. The first-order valence-electron chi connectivity index (χ1n) is 5.37. The van der Waals surface area contributed by atoms with Crippen molar-refractivity contribution in [2.75, 3.05) is 6.54 Å². The summed E-state index contributed by atoms with van der Waals surface area (Å²) < 4.78 is 0. The minimum absolute atomic E-state index is 0.627. The van der Waals surface area contributed by atoms with E-state index < -0.39 is 0 Å². The van der Waals surface area contributed by atoms with Gasteiger partial charge in [0, 0.05) is 12.6 Å². The quantitative estimate of drug-likeness (QED) is 0.676. The van der Waals surface area contributed by atoms with Gasteiger partial charge in [0.2, 0.25) is 0 Å². The van der Waals surface area contributed by atoms with Crippen LogP contribution < -0.4 is 5.32 Å². The second kappa shape index (κ2) is 5.16. The van der Waals surface area contributed by atoms with Crippen molar-refractivity contribution in [3.63, 3.8) is 0 Å². The first-order valence-corrected chi connectivity index (χ1v) is 5.37. The van der Waals surface area contributed by atoms with Crippen molar-refractivity contribution in [2.45, 2.75) is 32.7 Å². The minimum Gasteiger partial charge on any atom is -0.314 e. The highest BCUT2D eigenvalue weighted by Crippen LogP contribution is 2.26. The fraction of sp³-hybridized carbons (Fsp3) is 0.538. The highest BCUT2D eigenvalue weighted by atomic mass is 14.9. The number of nitrogens with one attached hydrogen (secondary N) is 1. The van der Waals surface area contributed by atoms with Crippen molar-refractivity contribution >= 4 is 0 Å². The van der Waals surface area contributed by atoms with Gasteiger partial charge < -0.3 is 5.32 Å². The summed E-state index contributed by atoms with van der Waals surface area (Å²) in [7, 11) is 0. The molecule has 14 heavy (non-hydrogen) atoms. The Kier molecular flexibility index (Phi) is 4.15. The number of rotatable bonds is 3. The van der Waals surface area contributed by atoms with E-state index in [1.54, 1.807) is 0 Å². The van der Waals surface area contributed by atoms with Gasteiger partial charge in [-0.3, -0.25) is 0 Å². The van der Waals surface area contributed by atoms with Gasteiger partial charge in [-0.1, -0.05) is 30.9 Å². The maximum Gasteiger partial charge on any atom is 0.00391 e. The normalized spacial score (nSPS) is 28.6. The van der Waals surface area contributed by atoms with E-state index in [4.69, 9.17) is 0 Å². The molecule has 0 amide bonds. The summed E-state index contributed by atoms with van der Waals surface area (Å²) in [6.07, 6.45) is 6.49. The molecule has 1 heteroatoms. The topological polar surface area (TPSA) is 12.0 Å². The molecule has 1 fully saturated rings. The summed E-state index contributed by atoms with van der Waals surface area (Å²) in [5, 5.41) is 3.51. The maximum absolute atomic E-state index is 4.02. The van der Waals surface area contributed by atoms with Crippen molar-refractivity contribution in [3.05, 3.63) is 36.5 Å². The Morgan fingerprint density at radius 2 is 2.14 bits per heavy atom. The summed E-state index contributed by atoms with van der Waals surface area (Å²) in [4.78, 5) is 0. The molecule has 1 nitrogen and oxygen atoms in total. The fourth-order valence-electron chi connectivity index (χ4n) is 2.02. The molecule has 0 aromatic rings. The first-order chi connectivity index (χ1) is 6.65. The van der Waals surface area contributed by atoms with Gasteiger partial charge in [0.05, 0.1) is 0 Å². The average Bonchev–Trinajstić information content (AvgIpc) is 2.15. The second-order valence-electron chi connectivity index (χ2n) is 4.22. The van der Waals surface area contributed by atoms with Gasteiger partial charge in [-0.15, -0.1) is 0 Å². The third-order valence-electron chi connectivity index (χ3n) is 2.89. The molecule has 2 unspecified atom stereocenters. The monoisotopic (exact) mass is 191 g/mol. The largest absolute Gasteiger partial charge is 0.314 e. The van der Waals surface area contributed by atoms with Crippen LogP contribution in [-0.2, 0) is 0 Å². The summed E-state index contributed by atoms with van der Waals surface area (Å²) in [6.45, 7) is 13.2. The number of hydrogen-bond donors (Lipinski definition) is 1. The molecule has 2 atom stereocenters. The molecule has 0 saturated carbocycles. The van der Waals surface area contributed by atoms with Gasteiger partial charge in [-0.2, -0.15) is 0 Å². The number of allylic oxidation sites excluding steroid dienone is 3. The standard InChI is InChI=1S/C13H21N/c1-5-6-13(10(2)3)12-8-7-11(4)14-9-12/h5-6,11-12,14H,1-2,7-9H2,3-4H3/b13-6+. The van der Waals surface area contributed by atoms with Gasteiger partial charge in [-0.05, 0) is 38.2 Å². The molecule has 78 valence electrons. The third-order valence-corrected chi connectivity index (χ3v) is 2.89. The van der Waals surface area contributed by atoms with Crippen LogP contribution in [0.4, 0.5) is 0 Å². The summed E-state index contributed by atoms with van der Waals surface area (Å²) in [5.41, 5.74) is 2.53. The predicted molar refractivity (Wildman–Crippen MR) is 63.3 cm³/mol. The highest BCUT2D eigenvalue weighted by Gasteiger charge is 2.20. The van der Waals surface area contributed by atoms with Gasteiger partial charge in [-0.25, -0.2) is 0 Å². The van der Waals surface area contributed by atoms with E-state index in [-0.39, 0.29) is 0 Å². The maximum atomic E-state index is 4.02. The van der Waals surface area contributed by atoms with Gasteiger partial charge in [0.15, 0.2) is 0 Å². The highest BCUT2D eigenvalue weighted by molar-refractivity contribution is 5.32. The van der Waals surface area contributed by atoms with Crippen molar-refractivity contribution in [3.8, 4) is 0 Å². The third kappa shape index (κ3) is 2.85. The molecule has 0 aliphatic carbocycles. The second-order valence-corrected chi connectivity index (χ2v) is 4.22. The minimum atomic E-state index is 0.627. The molecule has 1 rings (SSSR count). The molecular formula is C13H21N. The van der Waals surface area contributed by atoms with Crippen LogP contribution in [0.3, 0.4) is 0 Å². The summed E-state index contributed by atoms with van der Waals surface area (Å²) >= 11 is 0. The molecular weight excluding hydrogens is 170 g/mol. The Balaban J connectivity index is 2.66. The van der Waals surface area contributed by atoms with E-state index >= 15 is 0 Å². The smallest absolute Gasteiger partial charge is 0.00391 e. The Labute approximate surface area is 87.6 Å².